The van der Waals surface area contributed by atoms with Crippen molar-refractivity contribution in [3.05, 3.63) is 96.1 Å². The van der Waals surface area contributed by atoms with E-state index < -0.39 is 0 Å². The van der Waals surface area contributed by atoms with Crippen molar-refractivity contribution in [1.29, 1.82) is 0 Å². The molecule has 0 saturated heterocycles. The van der Waals surface area contributed by atoms with Crippen LogP contribution in [0.5, 0.6) is 5.75 Å². The second kappa shape index (κ2) is 6.75. The van der Waals surface area contributed by atoms with Crippen LogP contribution >= 0.6 is 0 Å². The number of hydrogen-bond donors (Lipinski definition) is 1. The summed E-state index contributed by atoms with van der Waals surface area (Å²) in [5, 5.41) is 9.42. The number of benzene rings is 3. The van der Waals surface area contributed by atoms with E-state index in [1.165, 1.54) is 6.08 Å². The first-order valence-corrected chi connectivity index (χ1v) is 7.39. The number of allylic oxidation sites excluding steroid dienone is 1. The molecule has 2 nitrogen and oxygen atoms in total. The molecule has 0 aromatic heterocycles. The molecule has 23 heavy (non-hydrogen) atoms. The summed E-state index contributed by atoms with van der Waals surface area (Å²) >= 11 is 0. The lowest BCUT2D eigenvalue weighted by atomic mass is 10.0. The van der Waals surface area contributed by atoms with E-state index in [0.29, 0.717) is 5.56 Å². The highest BCUT2D eigenvalue weighted by molar-refractivity contribution is 6.07. The van der Waals surface area contributed by atoms with E-state index in [1.54, 1.807) is 24.3 Å². The first-order valence-electron chi connectivity index (χ1n) is 7.39. The molecule has 2 heteroatoms. The summed E-state index contributed by atoms with van der Waals surface area (Å²) < 4.78 is 0. The first-order chi connectivity index (χ1) is 11.2. The van der Waals surface area contributed by atoms with Gasteiger partial charge in [0, 0.05) is 5.56 Å². The van der Waals surface area contributed by atoms with Crippen molar-refractivity contribution in [2.75, 3.05) is 0 Å². The van der Waals surface area contributed by atoms with E-state index >= 15 is 0 Å². The Morgan fingerprint density at radius 2 is 1.48 bits per heavy atom. The third-order valence-electron chi connectivity index (χ3n) is 3.57. The summed E-state index contributed by atoms with van der Waals surface area (Å²) in [6.45, 7) is 0. The van der Waals surface area contributed by atoms with Gasteiger partial charge in [0.15, 0.2) is 5.78 Å². The third-order valence-corrected chi connectivity index (χ3v) is 3.57. The van der Waals surface area contributed by atoms with Gasteiger partial charge in [0.1, 0.15) is 5.75 Å². The largest absolute Gasteiger partial charge is 0.508 e. The highest BCUT2D eigenvalue weighted by Gasteiger charge is 2.03. The minimum atomic E-state index is -0.0621. The van der Waals surface area contributed by atoms with Crippen molar-refractivity contribution >= 4 is 11.9 Å². The van der Waals surface area contributed by atoms with Gasteiger partial charge in [0.05, 0.1) is 0 Å². The highest BCUT2D eigenvalue weighted by atomic mass is 16.3. The molecule has 3 aromatic rings. The molecule has 0 aliphatic heterocycles. The summed E-state index contributed by atoms with van der Waals surface area (Å²) in [6.07, 6.45) is 3.22. The molecule has 0 aliphatic rings. The number of carbonyl (C=O) groups excluding carboxylic acids is 1. The summed E-state index contributed by atoms with van der Waals surface area (Å²) in [5.74, 6) is 0.125. The Kier molecular flexibility index (Phi) is 4.34. The fraction of sp³-hybridized carbons (Fsp3) is 0. The van der Waals surface area contributed by atoms with Crippen LogP contribution in [0.3, 0.4) is 0 Å². The van der Waals surface area contributed by atoms with Gasteiger partial charge in [-0.05, 0) is 34.9 Å². The third kappa shape index (κ3) is 3.74. The fourth-order valence-electron chi connectivity index (χ4n) is 2.35. The van der Waals surface area contributed by atoms with Gasteiger partial charge < -0.3 is 5.11 Å². The minimum Gasteiger partial charge on any atom is -0.508 e. The maximum atomic E-state index is 12.2. The Bertz CT molecular complexity index is 831. The van der Waals surface area contributed by atoms with Gasteiger partial charge in [-0.1, -0.05) is 72.8 Å². The van der Waals surface area contributed by atoms with E-state index in [0.717, 1.165) is 16.7 Å². The van der Waals surface area contributed by atoms with Crippen molar-refractivity contribution in [2.45, 2.75) is 0 Å². The Labute approximate surface area is 135 Å². The molecule has 3 aromatic carbocycles. The van der Waals surface area contributed by atoms with Crippen LogP contribution in [0.1, 0.15) is 15.9 Å². The van der Waals surface area contributed by atoms with Gasteiger partial charge in [0.2, 0.25) is 0 Å². The normalized spacial score (nSPS) is 10.8. The smallest absolute Gasteiger partial charge is 0.185 e. The molecule has 1 N–H and O–H groups in total. The van der Waals surface area contributed by atoms with E-state index in [9.17, 15) is 9.90 Å². The van der Waals surface area contributed by atoms with Gasteiger partial charge in [-0.25, -0.2) is 0 Å². The average Bonchev–Trinajstić information content (AvgIpc) is 2.61. The lowest BCUT2D eigenvalue weighted by Gasteiger charge is -2.02. The number of aromatic hydroxyl groups is 1. The van der Waals surface area contributed by atoms with Gasteiger partial charge >= 0.3 is 0 Å². The lowest BCUT2D eigenvalue weighted by molar-refractivity contribution is 0.104. The zero-order valence-corrected chi connectivity index (χ0v) is 12.5. The van der Waals surface area contributed by atoms with Gasteiger partial charge in [-0.2, -0.15) is 0 Å². The van der Waals surface area contributed by atoms with Crippen LogP contribution < -0.4 is 0 Å². The van der Waals surface area contributed by atoms with E-state index in [2.05, 4.69) is 0 Å². The zero-order valence-electron chi connectivity index (χ0n) is 12.5. The molecule has 0 atom stereocenters. The molecule has 0 fully saturated rings. The van der Waals surface area contributed by atoms with Crippen molar-refractivity contribution in [3.8, 4) is 16.9 Å². The summed E-state index contributed by atoms with van der Waals surface area (Å²) in [4.78, 5) is 12.2. The number of hydrogen-bond acceptors (Lipinski definition) is 2. The predicted molar refractivity (Wildman–Crippen MR) is 93.3 cm³/mol. The predicted octanol–water partition coefficient (Wildman–Crippen LogP) is 4.96. The molecule has 3 rings (SSSR count). The Balaban J connectivity index is 1.75. The number of rotatable bonds is 4. The van der Waals surface area contributed by atoms with Crippen molar-refractivity contribution in [2.24, 2.45) is 0 Å². The minimum absolute atomic E-state index is 0.0621. The maximum Gasteiger partial charge on any atom is 0.185 e. The number of carbonyl (C=O) groups is 1. The molecule has 0 aliphatic carbocycles. The van der Waals surface area contributed by atoms with Gasteiger partial charge in [-0.15, -0.1) is 0 Å². The SMILES string of the molecule is O=C(C=Cc1cccc(O)c1)c1ccc(-c2ccccc2)cc1. The molecule has 0 amide bonds. The number of ketones is 1. The quantitative estimate of drug-likeness (QED) is 0.546. The van der Waals surface area contributed by atoms with Crippen LogP contribution in [0.2, 0.25) is 0 Å². The first kappa shape index (κ1) is 14.8. The van der Waals surface area contributed by atoms with Crippen LogP contribution in [0.25, 0.3) is 17.2 Å². The zero-order chi connectivity index (χ0) is 16.1. The van der Waals surface area contributed by atoms with Gasteiger partial charge in [-0.3, -0.25) is 4.79 Å². The van der Waals surface area contributed by atoms with Crippen molar-refractivity contribution in [1.82, 2.24) is 0 Å². The second-order valence-corrected chi connectivity index (χ2v) is 5.24. The maximum absolute atomic E-state index is 12.2. The second-order valence-electron chi connectivity index (χ2n) is 5.24. The standard InChI is InChI=1S/C21H16O2/c22-20-8-4-5-16(15-20)9-14-21(23)19-12-10-18(11-13-19)17-6-2-1-3-7-17/h1-15,22H. The number of phenols is 1. The lowest BCUT2D eigenvalue weighted by Crippen LogP contribution is -1.93. The van der Waals surface area contributed by atoms with Crippen LogP contribution in [0, 0.1) is 0 Å². The Morgan fingerprint density at radius 1 is 0.783 bits per heavy atom. The molecule has 0 radical (unpaired) electrons. The van der Waals surface area contributed by atoms with E-state index in [1.807, 2.05) is 60.7 Å². The molecule has 0 unspecified atom stereocenters. The molecule has 0 heterocycles. The summed E-state index contributed by atoms with van der Waals surface area (Å²) in [7, 11) is 0. The van der Waals surface area contributed by atoms with E-state index in [4.69, 9.17) is 0 Å². The fourth-order valence-corrected chi connectivity index (χ4v) is 2.35. The molecule has 0 saturated carbocycles. The Hall–Kier alpha value is -3.13. The highest BCUT2D eigenvalue weighted by Crippen LogP contribution is 2.20. The topological polar surface area (TPSA) is 37.3 Å². The summed E-state index contributed by atoms with van der Waals surface area (Å²) in [6, 6.07) is 24.4. The number of phenolic OH excluding ortho intramolecular Hbond substituents is 1. The van der Waals surface area contributed by atoms with Crippen LogP contribution in [0.15, 0.2) is 84.9 Å². The molecular formula is C21H16O2. The molecular weight excluding hydrogens is 284 g/mol. The van der Waals surface area contributed by atoms with Crippen LogP contribution in [-0.2, 0) is 0 Å². The monoisotopic (exact) mass is 300 g/mol. The van der Waals surface area contributed by atoms with Crippen molar-refractivity contribution in [3.63, 3.8) is 0 Å². The Morgan fingerprint density at radius 3 is 2.17 bits per heavy atom. The van der Waals surface area contributed by atoms with Crippen LogP contribution in [0.4, 0.5) is 0 Å². The van der Waals surface area contributed by atoms with Crippen molar-refractivity contribution < 1.29 is 9.90 Å². The average molecular weight is 300 g/mol. The summed E-state index contributed by atoms with van der Waals surface area (Å²) in [5.41, 5.74) is 3.64. The molecule has 112 valence electrons. The van der Waals surface area contributed by atoms with E-state index in [-0.39, 0.29) is 11.5 Å². The molecule has 0 bridgehead atoms. The van der Waals surface area contributed by atoms with Gasteiger partial charge in [0.25, 0.3) is 0 Å². The molecule has 0 spiro atoms. The van der Waals surface area contributed by atoms with Crippen LogP contribution in [-0.4, -0.2) is 10.9 Å².